The van der Waals surface area contributed by atoms with Gasteiger partial charge in [0.15, 0.2) is 0 Å². The molecule has 7 aromatic rings. The monoisotopic (exact) mass is 1070 g/mol. The summed E-state index contributed by atoms with van der Waals surface area (Å²) in [6.07, 6.45) is 1.93. The van der Waals surface area contributed by atoms with Crippen molar-refractivity contribution in [3.63, 3.8) is 0 Å². The normalized spacial score (nSPS) is 9.85. The second-order valence-corrected chi connectivity index (χ2v) is 16.3. The van der Waals surface area contributed by atoms with E-state index in [9.17, 15) is 17.3 Å². The zero-order chi connectivity index (χ0) is 41.7. The van der Waals surface area contributed by atoms with Crippen molar-refractivity contribution in [1.82, 2.24) is 0 Å². The smallest absolute Gasteiger partial charge is 0.0622 e. The van der Waals surface area contributed by atoms with E-state index >= 15 is 0 Å². The topological polar surface area (TPSA) is 39.8 Å². The maximum Gasteiger partial charge on any atom is 2.00 e. The Morgan fingerprint density at radius 2 is 0.678 bits per heavy atom. The van der Waals surface area contributed by atoms with Gasteiger partial charge in [0.25, 0.3) is 0 Å². The first-order chi connectivity index (χ1) is 27.7. The van der Waals surface area contributed by atoms with Crippen molar-refractivity contribution in [3.05, 3.63) is 236 Å². The second-order valence-electron chi connectivity index (χ2n) is 11.3. The fourth-order valence-electron chi connectivity index (χ4n) is 5.07. The molecule has 0 N–H and O–H groups in total. The van der Waals surface area contributed by atoms with E-state index in [-0.39, 0.29) is 38.1 Å². The molecule has 0 heterocycles. The van der Waals surface area contributed by atoms with E-state index in [0.29, 0.717) is 0 Å². The van der Waals surface area contributed by atoms with Gasteiger partial charge in [0.2, 0.25) is 0 Å². The summed E-state index contributed by atoms with van der Waals surface area (Å²) in [6.45, 7) is 10.9. The zero-order valence-corrected chi connectivity index (χ0v) is 37.7. The van der Waals surface area contributed by atoms with Crippen molar-refractivity contribution < 1.29 is 64.7 Å². The van der Waals surface area contributed by atoms with Crippen LogP contribution < -0.4 is 31.8 Å². The van der Waals surface area contributed by atoms with E-state index in [4.69, 9.17) is 21.9 Å². The summed E-state index contributed by atoms with van der Waals surface area (Å²) in [7, 11) is -6.89. The van der Waals surface area contributed by atoms with Gasteiger partial charge in [0, 0.05) is 17.1 Å². The van der Waals surface area contributed by atoms with Crippen LogP contribution in [-0.2, 0) is 60.1 Å². The van der Waals surface area contributed by atoms with Crippen LogP contribution in [0.5, 0.6) is 0 Å². The molecule has 0 saturated heterocycles. The number of allylic oxidation sites excluding steroid dienone is 1. The van der Waals surface area contributed by atoms with Crippen LogP contribution in [0.4, 0.5) is 17.3 Å². The van der Waals surface area contributed by atoms with Gasteiger partial charge >= 0.3 is 50.9 Å². The first-order valence-electron chi connectivity index (χ1n) is 17.2. The van der Waals surface area contributed by atoms with E-state index in [2.05, 4.69) is 201 Å². The van der Waals surface area contributed by atoms with Crippen molar-refractivity contribution in [2.45, 2.75) is 6.92 Å². The number of hydrogen-bond acceptors (Lipinski definition) is 1. The number of rotatable bonds is 7. The van der Waals surface area contributed by atoms with Gasteiger partial charge in [-0.25, -0.2) is 4.91 Å². The Labute approximate surface area is 378 Å². The third-order valence-corrected chi connectivity index (χ3v) is 12.2. The molecule has 59 heavy (non-hydrogen) atoms. The summed E-state index contributed by atoms with van der Waals surface area (Å²) in [5.74, 6) is 0. The molecule has 2 nitrogen and oxygen atoms in total. The Morgan fingerprint density at radius 1 is 0.475 bits per heavy atom. The fraction of sp³-hybridized carbons (Fsp3) is 0.0213. The van der Waals surface area contributed by atoms with Crippen LogP contribution in [-0.4, -0.2) is 7.25 Å². The van der Waals surface area contributed by atoms with Crippen molar-refractivity contribution in [2.75, 3.05) is 0 Å². The first kappa shape index (κ1) is 54.8. The molecular weight excluding hydrogens is 1030 g/mol. The Balaban J connectivity index is 0.000000791. The number of hydrogen-bond donors (Lipinski definition) is 0. The molecule has 12 heteroatoms. The summed E-state index contributed by atoms with van der Waals surface area (Å²) in [5.41, 5.74) is 1.05. The Bertz CT molecular complexity index is 1820. The summed E-state index contributed by atoms with van der Waals surface area (Å²) in [6, 6.07) is 75.5. The van der Waals surface area contributed by atoms with Gasteiger partial charge in [-0.15, -0.1) is 30.3 Å². The van der Waals surface area contributed by atoms with Gasteiger partial charge < -0.3 is 29.9 Å². The van der Waals surface area contributed by atoms with E-state index in [1.54, 1.807) is 0 Å². The van der Waals surface area contributed by atoms with Gasteiger partial charge in [0.1, 0.15) is 0 Å². The number of benzene rings is 7. The van der Waals surface area contributed by atoms with E-state index < -0.39 is 23.1 Å². The fourth-order valence-corrected chi connectivity index (χ4v) is 9.81. The van der Waals surface area contributed by atoms with E-state index in [0.717, 1.165) is 10.5 Å². The van der Waals surface area contributed by atoms with Crippen LogP contribution in [0.25, 0.3) is 6.08 Å². The minimum Gasteiger partial charge on any atom is -0.0622 e. The Hall–Kier alpha value is -4.17. The van der Waals surface area contributed by atoms with E-state index in [1.807, 2.05) is 37.3 Å². The third kappa shape index (κ3) is 22.7. The molecule has 0 aliphatic heterocycles. The molecule has 0 saturated carbocycles. The molecule has 7 rings (SSSR count). The average molecular weight is 1070 g/mol. The van der Waals surface area contributed by atoms with Gasteiger partial charge in [-0.1, -0.05) is 189 Å². The number of halogens is 4. The van der Waals surface area contributed by atoms with Crippen molar-refractivity contribution in [1.29, 1.82) is 0 Å². The molecular formula is C47H38BF4MnO2P2PtS-. The standard InChI is InChI=1S/2C18H15P.C9H9S.2CO.BF4.Mn.Pt/c2*1-4-10-16(11-5-1)19(17-12-6-2-7-13-17)18-14-8-3-9-15-18;1-8(10)7-9-5-3-2-4-6-9;2*1-2;2-1(3,4)5;;/h2*1-15H;2-5,7,10H,1H3;;;;;/q;;-1;;;-1;;+2/p-1/b;;8-7-;;;;;. The SMILES string of the molecule is C/C([S-])=C/c1[c-]cccc1.F[B-](F)(F)F.[C-]#[O+].[C-]#[O+].[Mn].[Pt+2].c1ccc(P(c2ccccc2)c2ccccc2)cc1.c1ccc(P(c2ccccc2)c2ccccc2)cc1. The van der Waals surface area contributed by atoms with Gasteiger partial charge in [0.05, 0.1) is 0 Å². The van der Waals surface area contributed by atoms with Gasteiger partial charge in [-0.05, 0) is 47.7 Å². The van der Waals surface area contributed by atoms with Crippen molar-refractivity contribution in [3.8, 4) is 0 Å². The maximum atomic E-state index is 9.75. The van der Waals surface area contributed by atoms with Crippen LogP contribution in [0.3, 0.4) is 0 Å². The summed E-state index contributed by atoms with van der Waals surface area (Å²) >= 11 is 4.90. The maximum absolute atomic E-state index is 9.75. The molecule has 0 aliphatic carbocycles. The van der Waals surface area contributed by atoms with Crippen LogP contribution in [0, 0.1) is 19.4 Å². The predicted octanol–water partition coefficient (Wildman–Crippen LogP) is 10.5. The molecule has 0 aromatic heterocycles. The van der Waals surface area contributed by atoms with Crippen LogP contribution in [0.1, 0.15) is 12.5 Å². The van der Waals surface area contributed by atoms with E-state index in [1.165, 1.54) is 31.8 Å². The van der Waals surface area contributed by atoms with Gasteiger partial charge in [-0.3, -0.25) is 0 Å². The van der Waals surface area contributed by atoms with Crippen LogP contribution in [0.15, 0.2) is 211 Å². The Kier molecular flexibility index (Phi) is 30.4. The molecule has 0 aliphatic rings. The minimum atomic E-state index is -6.00. The van der Waals surface area contributed by atoms with Crippen molar-refractivity contribution in [2.24, 2.45) is 0 Å². The summed E-state index contributed by atoms with van der Waals surface area (Å²) < 4.78 is 54.0. The van der Waals surface area contributed by atoms with Crippen LogP contribution >= 0.6 is 15.8 Å². The molecule has 0 amide bonds. The predicted molar refractivity (Wildman–Crippen MR) is 235 cm³/mol. The minimum absolute atomic E-state index is 0. The largest absolute Gasteiger partial charge is 2.00 e. The molecule has 0 unspecified atom stereocenters. The Morgan fingerprint density at radius 3 is 0.847 bits per heavy atom. The van der Waals surface area contributed by atoms with Crippen molar-refractivity contribution >= 4 is 73.6 Å². The van der Waals surface area contributed by atoms with Crippen LogP contribution in [0.2, 0.25) is 0 Å². The molecule has 0 spiro atoms. The molecule has 0 fully saturated rings. The third-order valence-electron chi connectivity index (χ3n) is 7.18. The zero-order valence-electron chi connectivity index (χ0n) is 31.6. The molecule has 7 aromatic carbocycles. The molecule has 1 radical (unpaired) electrons. The molecule has 0 bridgehead atoms. The summed E-state index contributed by atoms with van der Waals surface area (Å²) in [5, 5.41) is 8.39. The quantitative estimate of drug-likeness (QED) is 0.0392. The second kappa shape index (κ2) is 32.7. The molecule has 0 atom stereocenters. The first-order valence-corrected chi connectivity index (χ1v) is 20.3. The summed E-state index contributed by atoms with van der Waals surface area (Å²) in [4.78, 5) is 0.891. The average Bonchev–Trinajstić information content (AvgIpc) is 3.25. The van der Waals surface area contributed by atoms with Gasteiger partial charge in [-0.2, -0.15) is 11.6 Å². The molecule has 303 valence electrons.